The summed E-state index contributed by atoms with van der Waals surface area (Å²) in [6.45, 7) is 4.29. The standard InChI is InChI=1S/C24H31N3O3/c1-3-26-19-6-4-5-7-20(19)27(23(30)22(26)29)14-21(28)25-15(2)24-11-16-8-17(12-24)10-18(9-16)13-24/h4-7,15-18H,3,8-14H2,1-2H3,(H,25,28)/t15-,16?,17?,18?,24?/m0/s1. The van der Waals surface area contributed by atoms with E-state index in [4.69, 9.17) is 0 Å². The molecule has 0 radical (unpaired) electrons. The number of amides is 1. The van der Waals surface area contributed by atoms with Crippen LogP contribution in [0.1, 0.15) is 52.4 Å². The third-order valence-corrected chi connectivity index (χ3v) is 8.14. The second-order valence-corrected chi connectivity index (χ2v) is 10.00. The van der Waals surface area contributed by atoms with Gasteiger partial charge in [0.2, 0.25) is 5.91 Å². The van der Waals surface area contributed by atoms with Gasteiger partial charge in [-0.25, -0.2) is 0 Å². The molecule has 1 heterocycles. The fraction of sp³-hybridized carbons (Fsp3) is 0.625. The number of carbonyl (C=O) groups excluding carboxylic acids is 1. The highest BCUT2D eigenvalue weighted by Gasteiger charge is 2.53. The molecule has 1 aromatic carbocycles. The predicted molar refractivity (Wildman–Crippen MR) is 116 cm³/mol. The molecule has 6 rings (SSSR count). The van der Waals surface area contributed by atoms with E-state index in [2.05, 4.69) is 12.2 Å². The summed E-state index contributed by atoms with van der Waals surface area (Å²) in [5.74, 6) is 2.29. The summed E-state index contributed by atoms with van der Waals surface area (Å²) < 4.78 is 2.82. The van der Waals surface area contributed by atoms with E-state index >= 15 is 0 Å². The molecule has 6 heteroatoms. The van der Waals surface area contributed by atoms with Gasteiger partial charge < -0.3 is 9.88 Å². The van der Waals surface area contributed by atoms with Crippen LogP contribution < -0.4 is 16.4 Å². The lowest BCUT2D eigenvalue weighted by Gasteiger charge is -2.59. The number of rotatable bonds is 5. The number of hydrogen-bond donors (Lipinski definition) is 1. The van der Waals surface area contributed by atoms with Gasteiger partial charge in [0, 0.05) is 12.6 Å². The number of aryl methyl sites for hydroxylation is 1. The number of hydrogen-bond acceptors (Lipinski definition) is 3. The molecule has 4 aliphatic rings. The van der Waals surface area contributed by atoms with Gasteiger partial charge in [-0.3, -0.25) is 19.0 Å². The van der Waals surface area contributed by atoms with Gasteiger partial charge >= 0.3 is 11.1 Å². The molecule has 4 aliphatic carbocycles. The smallest absolute Gasteiger partial charge is 0.317 e. The van der Waals surface area contributed by atoms with Gasteiger partial charge in [0.15, 0.2) is 0 Å². The highest BCUT2D eigenvalue weighted by molar-refractivity contribution is 5.80. The summed E-state index contributed by atoms with van der Waals surface area (Å²) in [6.07, 6.45) is 7.76. The predicted octanol–water partition coefficient (Wildman–Crippen LogP) is 2.90. The van der Waals surface area contributed by atoms with Gasteiger partial charge in [0.05, 0.1) is 11.0 Å². The summed E-state index contributed by atoms with van der Waals surface area (Å²) in [4.78, 5) is 38.3. The van der Waals surface area contributed by atoms with Crippen molar-refractivity contribution in [3.63, 3.8) is 0 Å². The topological polar surface area (TPSA) is 73.1 Å². The molecule has 160 valence electrons. The summed E-state index contributed by atoms with van der Waals surface area (Å²) >= 11 is 0. The van der Waals surface area contributed by atoms with Crippen LogP contribution in [-0.4, -0.2) is 21.1 Å². The summed E-state index contributed by atoms with van der Waals surface area (Å²) in [7, 11) is 0. The number of nitrogens with one attached hydrogen (secondary N) is 1. The van der Waals surface area contributed by atoms with Crippen LogP contribution in [0.15, 0.2) is 33.9 Å². The van der Waals surface area contributed by atoms with Crippen LogP contribution in [0.3, 0.4) is 0 Å². The van der Waals surface area contributed by atoms with Gasteiger partial charge in [0.25, 0.3) is 0 Å². The van der Waals surface area contributed by atoms with Crippen LogP contribution in [0.5, 0.6) is 0 Å². The molecule has 0 saturated heterocycles. The molecule has 30 heavy (non-hydrogen) atoms. The fourth-order valence-corrected chi connectivity index (χ4v) is 7.13. The minimum atomic E-state index is -0.631. The third-order valence-electron chi connectivity index (χ3n) is 8.14. The highest BCUT2D eigenvalue weighted by Crippen LogP contribution is 2.61. The summed E-state index contributed by atoms with van der Waals surface area (Å²) in [6, 6.07) is 7.40. The molecule has 0 unspecified atom stereocenters. The Morgan fingerprint density at radius 3 is 2.03 bits per heavy atom. The van der Waals surface area contributed by atoms with Crippen molar-refractivity contribution >= 4 is 16.9 Å². The normalized spacial score (nSPS) is 30.5. The average molecular weight is 410 g/mol. The molecular weight excluding hydrogens is 378 g/mol. The zero-order chi connectivity index (χ0) is 21.0. The Labute approximate surface area is 176 Å². The van der Waals surface area contributed by atoms with Gasteiger partial charge in [0.1, 0.15) is 6.54 Å². The number of benzene rings is 1. The van der Waals surface area contributed by atoms with Crippen molar-refractivity contribution in [3.05, 3.63) is 45.0 Å². The van der Waals surface area contributed by atoms with E-state index in [0.717, 1.165) is 17.8 Å². The number of fused-ring (bicyclic) bond motifs is 1. The number of para-hydroxylation sites is 2. The fourth-order valence-electron chi connectivity index (χ4n) is 7.13. The van der Waals surface area contributed by atoms with E-state index in [-0.39, 0.29) is 23.9 Å². The minimum absolute atomic E-state index is 0.0939. The largest absolute Gasteiger partial charge is 0.352 e. The van der Waals surface area contributed by atoms with Gasteiger partial charge in [-0.1, -0.05) is 12.1 Å². The maximum Gasteiger partial charge on any atom is 0.317 e. The maximum absolute atomic E-state index is 13.0. The van der Waals surface area contributed by atoms with Crippen molar-refractivity contribution in [2.75, 3.05) is 0 Å². The average Bonchev–Trinajstić information content (AvgIpc) is 2.71. The van der Waals surface area contributed by atoms with Crippen molar-refractivity contribution in [1.29, 1.82) is 0 Å². The Kier molecular flexibility index (Phi) is 4.64. The quantitative estimate of drug-likeness (QED) is 0.772. The van der Waals surface area contributed by atoms with E-state index in [1.807, 2.05) is 25.1 Å². The Morgan fingerprint density at radius 2 is 1.50 bits per heavy atom. The lowest BCUT2D eigenvalue weighted by molar-refractivity contribution is -0.126. The van der Waals surface area contributed by atoms with Gasteiger partial charge in [-0.15, -0.1) is 0 Å². The van der Waals surface area contributed by atoms with Crippen LogP contribution >= 0.6 is 0 Å². The first-order valence-electron chi connectivity index (χ1n) is 11.4. The Bertz CT molecular complexity index is 1080. The molecule has 0 aliphatic heterocycles. The van der Waals surface area contributed by atoms with Crippen molar-refractivity contribution in [2.24, 2.45) is 23.2 Å². The van der Waals surface area contributed by atoms with Crippen molar-refractivity contribution in [3.8, 4) is 0 Å². The zero-order valence-corrected chi connectivity index (χ0v) is 17.9. The van der Waals surface area contributed by atoms with Crippen LogP contribution in [0, 0.1) is 23.2 Å². The Morgan fingerprint density at radius 1 is 1.00 bits per heavy atom. The maximum atomic E-state index is 13.0. The first-order valence-corrected chi connectivity index (χ1v) is 11.4. The minimum Gasteiger partial charge on any atom is -0.352 e. The van der Waals surface area contributed by atoms with E-state index in [0.29, 0.717) is 17.6 Å². The van der Waals surface area contributed by atoms with Crippen LogP contribution in [0.25, 0.3) is 11.0 Å². The van der Waals surface area contributed by atoms with E-state index in [1.54, 1.807) is 6.07 Å². The van der Waals surface area contributed by atoms with Gasteiger partial charge in [-0.05, 0) is 87.7 Å². The van der Waals surface area contributed by atoms with Crippen LogP contribution in [-0.2, 0) is 17.9 Å². The molecule has 1 aromatic heterocycles. The summed E-state index contributed by atoms with van der Waals surface area (Å²) in [5, 5.41) is 3.22. The van der Waals surface area contributed by atoms with Crippen molar-refractivity contribution in [1.82, 2.24) is 14.5 Å². The number of aromatic nitrogens is 2. The van der Waals surface area contributed by atoms with E-state index in [1.165, 1.54) is 47.7 Å². The second kappa shape index (κ2) is 7.10. The molecular formula is C24H31N3O3. The molecule has 1 atom stereocenters. The monoisotopic (exact) mass is 409 g/mol. The molecule has 4 fully saturated rings. The summed E-state index contributed by atoms with van der Waals surface area (Å²) in [5.41, 5.74) is 0.322. The zero-order valence-electron chi connectivity index (χ0n) is 17.9. The molecule has 4 bridgehead atoms. The first-order chi connectivity index (χ1) is 14.4. The number of nitrogens with zero attached hydrogens (tertiary/aromatic N) is 2. The van der Waals surface area contributed by atoms with Gasteiger partial charge in [-0.2, -0.15) is 0 Å². The Balaban J connectivity index is 1.40. The molecule has 2 aromatic rings. The lowest BCUT2D eigenvalue weighted by Crippen LogP contribution is -2.56. The van der Waals surface area contributed by atoms with Crippen LogP contribution in [0.4, 0.5) is 0 Å². The van der Waals surface area contributed by atoms with E-state index < -0.39 is 11.1 Å². The highest BCUT2D eigenvalue weighted by atomic mass is 16.2. The molecule has 1 N–H and O–H groups in total. The van der Waals surface area contributed by atoms with Crippen molar-refractivity contribution < 1.29 is 4.79 Å². The second-order valence-electron chi connectivity index (χ2n) is 10.00. The molecule has 6 nitrogen and oxygen atoms in total. The molecule has 1 amide bonds. The molecule has 0 spiro atoms. The first kappa shape index (κ1) is 19.6. The van der Waals surface area contributed by atoms with Crippen LogP contribution in [0.2, 0.25) is 0 Å². The number of carbonyl (C=O) groups is 1. The lowest BCUT2D eigenvalue weighted by atomic mass is 9.48. The third kappa shape index (κ3) is 3.03. The van der Waals surface area contributed by atoms with E-state index in [9.17, 15) is 14.4 Å². The Hall–Kier alpha value is -2.37. The molecule has 4 saturated carbocycles. The SMILES string of the molecule is CCn1c(=O)c(=O)n(CC(=O)N[C@@H](C)C23CC4CC(CC(C4)C2)C3)c2ccccc21. The van der Waals surface area contributed by atoms with Crippen molar-refractivity contribution in [2.45, 2.75) is 71.5 Å².